The number of hydrogen-bond acceptors (Lipinski definition) is 6. The van der Waals surface area contributed by atoms with Crippen LogP contribution in [0.3, 0.4) is 0 Å². The third-order valence-electron chi connectivity index (χ3n) is 3.97. The topological polar surface area (TPSA) is 84.5 Å². The van der Waals surface area contributed by atoms with Gasteiger partial charge >= 0.3 is 0 Å². The molecule has 1 fully saturated rings. The van der Waals surface area contributed by atoms with Crippen molar-refractivity contribution in [1.82, 2.24) is 21.2 Å². The third-order valence-corrected chi connectivity index (χ3v) is 3.97. The molecule has 2 heterocycles. The van der Waals surface area contributed by atoms with E-state index in [2.05, 4.69) is 21.2 Å². The number of ether oxygens (including phenoxy) is 2. The molecule has 0 bridgehead atoms. The number of aromatic nitrogens is 1. The molecule has 0 aliphatic carbocycles. The molecule has 24 heavy (non-hydrogen) atoms. The molecule has 0 spiro atoms. The van der Waals surface area contributed by atoms with Gasteiger partial charge in [0.05, 0.1) is 25.9 Å². The Morgan fingerprint density at radius 1 is 1.17 bits per heavy atom. The Hall–Kier alpha value is -2.64. The number of pyridine rings is 1. The number of nitrogens with zero attached hydrogens (tertiary/aromatic N) is 1. The van der Waals surface area contributed by atoms with Crippen molar-refractivity contribution in [3.8, 4) is 11.5 Å². The first-order valence-corrected chi connectivity index (χ1v) is 7.65. The molecule has 3 rings (SSSR count). The Morgan fingerprint density at radius 2 is 1.96 bits per heavy atom. The largest absolute Gasteiger partial charge is 0.497 e. The van der Waals surface area contributed by atoms with E-state index >= 15 is 0 Å². The van der Waals surface area contributed by atoms with Gasteiger partial charge in [-0.3, -0.25) is 9.78 Å². The van der Waals surface area contributed by atoms with Gasteiger partial charge in [0.15, 0.2) is 0 Å². The molecule has 126 valence electrons. The lowest BCUT2D eigenvalue weighted by atomic mass is 10.1. The van der Waals surface area contributed by atoms with E-state index in [1.54, 1.807) is 37.7 Å². The van der Waals surface area contributed by atoms with E-state index in [9.17, 15) is 4.79 Å². The molecule has 1 aromatic heterocycles. The van der Waals surface area contributed by atoms with Crippen LogP contribution in [0.5, 0.6) is 11.5 Å². The quantitative estimate of drug-likeness (QED) is 0.769. The number of hydrogen-bond donors (Lipinski definition) is 3. The summed E-state index contributed by atoms with van der Waals surface area (Å²) in [4.78, 5) is 16.5. The van der Waals surface area contributed by atoms with Crippen LogP contribution in [0.1, 0.15) is 28.4 Å². The van der Waals surface area contributed by atoms with Crippen LogP contribution >= 0.6 is 0 Å². The normalized spacial score (nSPS) is 19.8. The Balaban J connectivity index is 1.66. The van der Waals surface area contributed by atoms with Gasteiger partial charge in [0.1, 0.15) is 11.5 Å². The van der Waals surface area contributed by atoms with Crippen LogP contribution in [0.4, 0.5) is 0 Å². The highest BCUT2D eigenvalue weighted by atomic mass is 16.5. The van der Waals surface area contributed by atoms with Crippen molar-refractivity contribution < 1.29 is 14.3 Å². The lowest BCUT2D eigenvalue weighted by Crippen LogP contribution is -2.44. The average molecular weight is 328 g/mol. The average Bonchev–Trinajstić information content (AvgIpc) is 3.10. The second-order valence-corrected chi connectivity index (χ2v) is 5.45. The summed E-state index contributed by atoms with van der Waals surface area (Å²) in [5, 5.41) is 2.96. The Bertz CT molecular complexity index is 708. The highest BCUT2D eigenvalue weighted by Gasteiger charge is 2.27. The highest BCUT2D eigenvalue weighted by molar-refractivity contribution is 5.97. The van der Waals surface area contributed by atoms with Crippen molar-refractivity contribution in [2.45, 2.75) is 18.6 Å². The minimum Gasteiger partial charge on any atom is -0.497 e. The smallest absolute Gasteiger partial charge is 0.256 e. The molecule has 2 unspecified atom stereocenters. The van der Waals surface area contributed by atoms with Gasteiger partial charge in [0.25, 0.3) is 5.91 Å². The van der Waals surface area contributed by atoms with Crippen LogP contribution in [0.25, 0.3) is 0 Å². The number of benzene rings is 1. The van der Waals surface area contributed by atoms with Crippen molar-refractivity contribution in [2.75, 3.05) is 14.2 Å². The lowest BCUT2D eigenvalue weighted by Gasteiger charge is -2.14. The minimum absolute atomic E-state index is 0.121. The van der Waals surface area contributed by atoms with Gasteiger partial charge in [-0.05, 0) is 29.8 Å². The van der Waals surface area contributed by atoms with Crippen molar-refractivity contribution in [3.05, 3.63) is 53.9 Å². The predicted octanol–water partition coefficient (Wildman–Crippen LogP) is 1.39. The highest BCUT2D eigenvalue weighted by Crippen LogP contribution is 2.25. The molecule has 7 heteroatoms. The summed E-state index contributed by atoms with van der Waals surface area (Å²) in [5.41, 5.74) is 7.87. The summed E-state index contributed by atoms with van der Waals surface area (Å²) in [5.74, 6) is 0.912. The fourth-order valence-corrected chi connectivity index (χ4v) is 2.69. The number of rotatable bonds is 5. The Morgan fingerprint density at radius 3 is 2.67 bits per heavy atom. The van der Waals surface area contributed by atoms with E-state index in [1.807, 2.05) is 12.1 Å². The fourth-order valence-electron chi connectivity index (χ4n) is 2.69. The number of carbonyl (C=O) groups excluding carboxylic acids is 1. The maximum Gasteiger partial charge on any atom is 0.256 e. The van der Waals surface area contributed by atoms with Crippen LogP contribution in [-0.4, -0.2) is 31.3 Å². The molecule has 2 atom stereocenters. The monoisotopic (exact) mass is 328 g/mol. The van der Waals surface area contributed by atoms with Crippen LogP contribution in [0, 0.1) is 0 Å². The van der Waals surface area contributed by atoms with E-state index in [0.29, 0.717) is 17.1 Å². The molecule has 1 aromatic carbocycles. The molecule has 7 nitrogen and oxygen atoms in total. The van der Waals surface area contributed by atoms with E-state index in [0.717, 1.165) is 12.0 Å². The van der Waals surface area contributed by atoms with Gasteiger partial charge in [0.2, 0.25) is 0 Å². The van der Waals surface area contributed by atoms with E-state index < -0.39 is 0 Å². The zero-order chi connectivity index (χ0) is 16.9. The second kappa shape index (κ2) is 7.29. The number of amides is 1. The zero-order valence-electron chi connectivity index (χ0n) is 13.6. The molecule has 1 aliphatic heterocycles. The van der Waals surface area contributed by atoms with E-state index in [-0.39, 0.29) is 18.1 Å². The molecule has 0 radical (unpaired) electrons. The van der Waals surface area contributed by atoms with Gasteiger partial charge in [-0.15, -0.1) is 0 Å². The fraction of sp³-hybridized carbons (Fsp3) is 0.294. The molecule has 2 aromatic rings. The van der Waals surface area contributed by atoms with Gasteiger partial charge in [-0.2, -0.15) is 0 Å². The van der Waals surface area contributed by atoms with Gasteiger partial charge in [-0.25, -0.2) is 10.9 Å². The molecule has 1 amide bonds. The Labute approximate surface area is 140 Å². The van der Waals surface area contributed by atoms with Crippen molar-refractivity contribution in [2.24, 2.45) is 0 Å². The number of methoxy groups -OCH3 is 2. The van der Waals surface area contributed by atoms with Gasteiger partial charge < -0.3 is 14.8 Å². The van der Waals surface area contributed by atoms with E-state index in [4.69, 9.17) is 9.47 Å². The van der Waals surface area contributed by atoms with E-state index in [1.165, 1.54) is 7.11 Å². The minimum atomic E-state index is -0.204. The standard InChI is InChI=1S/C17H20N4O3/c1-23-12-3-4-13(15(9-12)24-2)17(22)19-16-10-14(20-21-16)11-5-7-18-8-6-11/h3-9,14,16,20-21H,10H2,1-2H3,(H,19,22). The number of nitrogens with one attached hydrogen (secondary N) is 3. The van der Waals surface area contributed by atoms with Gasteiger partial charge in [0, 0.05) is 30.9 Å². The molecular weight excluding hydrogens is 308 g/mol. The molecule has 1 saturated heterocycles. The summed E-state index contributed by atoms with van der Waals surface area (Å²) >= 11 is 0. The maximum atomic E-state index is 12.5. The second-order valence-electron chi connectivity index (χ2n) is 5.45. The molecule has 0 saturated carbocycles. The number of hydrazine groups is 1. The van der Waals surface area contributed by atoms with Crippen molar-refractivity contribution in [1.29, 1.82) is 0 Å². The molecule has 1 aliphatic rings. The first-order valence-electron chi connectivity index (χ1n) is 7.65. The van der Waals surface area contributed by atoms with Crippen LogP contribution in [0.2, 0.25) is 0 Å². The van der Waals surface area contributed by atoms with Crippen molar-refractivity contribution >= 4 is 5.91 Å². The number of carbonyl (C=O) groups is 1. The summed E-state index contributed by atoms with van der Waals surface area (Å²) < 4.78 is 10.4. The maximum absolute atomic E-state index is 12.5. The van der Waals surface area contributed by atoms with Gasteiger partial charge in [-0.1, -0.05) is 0 Å². The zero-order valence-corrected chi connectivity index (χ0v) is 13.6. The first-order chi connectivity index (χ1) is 11.7. The predicted molar refractivity (Wildman–Crippen MR) is 88.7 cm³/mol. The molecule has 3 N–H and O–H groups in total. The summed E-state index contributed by atoms with van der Waals surface area (Å²) in [6, 6.07) is 9.14. The summed E-state index contributed by atoms with van der Waals surface area (Å²) in [6.07, 6.45) is 4.06. The van der Waals surface area contributed by atoms with Crippen LogP contribution in [-0.2, 0) is 0 Å². The Kier molecular flexibility index (Phi) is 4.93. The van der Waals surface area contributed by atoms with Crippen LogP contribution in [0.15, 0.2) is 42.7 Å². The first kappa shape index (κ1) is 16.2. The SMILES string of the molecule is COc1ccc(C(=O)NC2CC(c3ccncc3)NN2)c(OC)c1. The summed E-state index contributed by atoms with van der Waals surface area (Å²) in [6.45, 7) is 0. The van der Waals surface area contributed by atoms with Crippen molar-refractivity contribution in [3.63, 3.8) is 0 Å². The van der Waals surface area contributed by atoms with Crippen LogP contribution < -0.4 is 25.6 Å². The third kappa shape index (κ3) is 3.47. The lowest BCUT2D eigenvalue weighted by molar-refractivity contribution is 0.0929. The summed E-state index contributed by atoms with van der Waals surface area (Å²) in [7, 11) is 3.10. The molecular formula is C17H20N4O3.